The predicted octanol–water partition coefficient (Wildman–Crippen LogP) is 2.91. The van der Waals surface area contributed by atoms with Gasteiger partial charge in [-0.05, 0) is 38.0 Å². The average Bonchev–Trinajstić information content (AvgIpc) is 2.72. The van der Waals surface area contributed by atoms with Gasteiger partial charge in [-0.15, -0.1) is 0 Å². The fraction of sp³-hybridized carbons (Fsp3) is 0.294. The summed E-state index contributed by atoms with van der Waals surface area (Å²) in [7, 11) is 2.01. The first-order valence-electron chi connectivity index (χ1n) is 6.75. The van der Waals surface area contributed by atoms with E-state index in [9.17, 15) is 9.59 Å². The SMILES string of the molecule is CC(=O)C1(C(C)=O)C=Cc2c(c3ccccc3n2C)C1. The largest absolute Gasteiger partial charge is 0.344 e. The number of aryl methyl sites for hydroxylation is 1. The van der Waals surface area contributed by atoms with E-state index in [0.717, 1.165) is 22.2 Å². The monoisotopic (exact) mass is 267 g/mol. The molecular formula is C17H17NO2. The van der Waals surface area contributed by atoms with Crippen molar-refractivity contribution in [2.75, 3.05) is 0 Å². The van der Waals surface area contributed by atoms with E-state index in [1.165, 1.54) is 13.8 Å². The lowest BCUT2D eigenvalue weighted by Gasteiger charge is -2.28. The quantitative estimate of drug-likeness (QED) is 0.785. The van der Waals surface area contributed by atoms with E-state index < -0.39 is 5.41 Å². The Bertz CT molecular complexity index is 751. The zero-order chi connectivity index (χ0) is 14.5. The number of rotatable bonds is 2. The van der Waals surface area contributed by atoms with Crippen LogP contribution in [0.5, 0.6) is 0 Å². The van der Waals surface area contributed by atoms with Crippen molar-refractivity contribution in [3.05, 3.63) is 41.6 Å². The molecule has 3 rings (SSSR count). The summed E-state index contributed by atoms with van der Waals surface area (Å²) in [4.78, 5) is 24.1. The first kappa shape index (κ1) is 12.9. The molecule has 0 amide bonds. The van der Waals surface area contributed by atoms with Gasteiger partial charge in [-0.2, -0.15) is 0 Å². The highest BCUT2D eigenvalue weighted by molar-refractivity contribution is 6.09. The minimum absolute atomic E-state index is 0.0835. The molecule has 0 N–H and O–H groups in total. The van der Waals surface area contributed by atoms with Gasteiger partial charge in [0, 0.05) is 23.6 Å². The average molecular weight is 267 g/mol. The summed E-state index contributed by atoms with van der Waals surface area (Å²) in [5.41, 5.74) is 2.32. The normalized spacial score (nSPS) is 16.1. The fourth-order valence-electron chi connectivity index (χ4n) is 3.18. The topological polar surface area (TPSA) is 39.1 Å². The molecule has 1 aliphatic carbocycles. The molecule has 0 atom stereocenters. The number of benzene rings is 1. The zero-order valence-electron chi connectivity index (χ0n) is 11.9. The van der Waals surface area contributed by atoms with E-state index in [1.807, 2.05) is 25.3 Å². The van der Waals surface area contributed by atoms with Crippen LogP contribution < -0.4 is 0 Å². The summed E-state index contributed by atoms with van der Waals surface area (Å²) in [5, 5.41) is 1.13. The third kappa shape index (κ3) is 1.52. The summed E-state index contributed by atoms with van der Waals surface area (Å²) in [6.07, 6.45) is 4.16. The van der Waals surface area contributed by atoms with Gasteiger partial charge in [0.05, 0.1) is 0 Å². The summed E-state index contributed by atoms with van der Waals surface area (Å²) >= 11 is 0. The van der Waals surface area contributed by atoms with Crippen molar-refractivity contribution in [2.45, 2.75) is 20.3 Å². The molecule has 0 fully saturated rings. The second kappa shape index (κ2) is 4.17. The van der Waals surface area contributed by atoms with Gasteiger partial charge in [-0.1, -0.05) is 24.3 Å². The van der Waals surface area contributed by atoms with Gasteiger partial charge in [0.2, 0.25) is 0 Å². The van der Waals surface area contributed by atoms with E-state index in [2.05, 4.69) is 16.7 Å². The lowest BCUT2D eigenvalue weighted by atomic mass is 9.72. The van der Waals surface area contributed by atoms with Gasteiger partial charge in [0.1, 0.15) is 17.0 Å². The summed E-state index contributed by atoms with van der Waals surface area (Å²) in [6, 6.07) is 8.11. The lowest BCUT2D eigenvalue weighted by Crippen LogP contribution is -2.38. The van der Waals surface area contributed by atoms with Crippen molar-refractivity contribution in [2.24, 2.45) is 12.5 Å². The Morgan fingerprint density at radius 1 is 1.15 bits per heavy atom. The van der Waals surface area contributed by atoms with Gasteiger partial charge < -0.3 is 4.57 Å². The number of nitrogens with zero attached hydrogens (tertiary/aromatic N) is 1. The van der Waals surface area contributed by atoms with Crippen LogP contribution in [-0.4, -0.2) is 16.1 Å². The number of aromatic nitrogens is 1. The summed E-state index contributed by atoms with van der Waals surface area (Å²) < 4.78 is 2.12. The Kier molecular flexibility index (Phi) is 2.68. The van der Waals surface area contributed by atoms with E-state index >= 15 is 0 Å². The predicted molar refractivity (Wildman–Crippen MR) is 79.5 cm³/mol. The summed E-state index contributed by atoms with van der Waals surface area (Å²) in [6.45, 7) is 3.00. The van der Waals surface area contributed by atoms with Crippen molar-refractivity contribution in [3.8, 4) is 0 Å². The van der Waals surface area contributed by atoms with Crippen LogP contribution in [0.25, 0.3) is 17.0 Å². The van der Waals surface area contributed by atoms with Crippen LogP contribution in [0.3, 0.4) is 0 Å². The molecule has 0 unspecified atom stereocenters. The molecule has 2 aromatic rings. The molecule has 20 heavy (non-hydrogen) atoms. The van der Waals surface area contributed by atoms with Crippen LogP contribution >= 0.6 is 0 Å². The highest BCUT2D eigenvalue weighted by atomic mass is 16.2. The maximum atomic E-state index is 12.0. The van der Waals surface area contributed by atoms with Gasteiger partial charge in [0.15, 0.2) is 0 Å². The highest BCUT2D eigenvalue weighted by Crippen LogP contribution is 2.39. The molecule has 1 aromatic heterocycles. The van der Waals surface area contributed by atoms with Crippen molar-refractivity contribution in [1.82, 2.24) is 4.57 Å². The first-order valence-corrected chi connectivity index (χ1v) is 6.75. The number of allylic oxidation sites excluding steroid dienone is 1. The molecule has 0 saturated carbocycles. The van der Waals surface area contributed by atoms with E-state index in [1.54, 1.807) is 6.08 Å². The third-order valence-electron chi connectivity index (χ3n) is 4.50. The molecule has 0 aliphatic heterocycles. The number of hydrogen-bond acceptors (Lipinski definition) is 2. The van der Waals surface area contributed by atoms with Gasteiger partial charge in [-0.3, -0.25) is 9.59 Å². The molecule has 1 heterocycles. The number of Topliss-reactive ketones (excluding diaryl/α,β-unsaturated/α-hetero) is 2. The second-order valence-corrected chi connectivity index (χ2v) is 5.53. The van der Waals surface area contributed by atoms with Gasteiger partial charge >= 0.3 is 0 Å². The Hall–Kier alpha value is -2.16. The minimum Gasteiger partial charge on any atom is -0.344 e. The minimum atomic E-state index is -0.989. The molecule has 3 nitrogen and oxygen atoms in total. The fourth-order valence-corrected chi connectivity index (χ4v) is 3.18. The van der Waals surface area contributed by atoms with Crippen LogP contribution in [0.15, 0.2) is 30.3 Å². The van der Waals surface area contributed by atoms with Crippen LogP contribution in [0, 0.1) is 5.41 Å². The number of hydrogen-bond donors (Lipinski definition) is 0. The second-order valence-electron chi connectivity index (χ2n) is 5.53. The molecule has 0 bridgehead atoms. The molecule has 0 radical (unpaired) electrons. The Labute approximate surface area is 117 Å². The van der Waals surface area contributed by atoms with Crippen LogP contribution in [0.4, 0.5) is 0 Å². The molecule has 1 aliphatic rings. The molecule has 3 heteroatoms. The molecule has 0 spiro atoms. The summed E-state index contributed by atoms with van der Waals surface area (Å²) in [5.74, 6) is -0.167. The van der Waals surface area contributed by atoms with Crippen molar-refractivity contribution >= 4 is 28.5 Å². The van der Waals surface area contributed by atoms with E-state index in [4.69, 9.17) is 0 Å². The first-order chi connectivity index (χ1) is 9.47. The van der Waals surface area contributed by atoms with E-state index in [0.29, 0.717) is 6.42 Å². The number of para-hydroxylation sites is 1. The Morgan fingerprint density at radius 2 is 1.80 bits per heavy atom. The van der Waals surface area contributed by atoms with E-state index in [-0.39, 0.29) is 11.6 Å². The van der Waals surface area contributed by atoms with Gasteiger partial charge in [-0.25, -0.2) is 0 Å². The number of ketones is 2. The van der Waals surface area contributed by atoms with Crippen molar-refractivity contribution in [3.63, 3.8) is 0 Å². The highest BCUT2D eigenvalue weighted by Gasteiger charge is 2.41. The Balaban J connectivity index is 2.28. The van der Waals surface area contributed by atoms with Crippen molar-refractivity contribution < 1.29 is 9.59 Å². The van der Waals surface area contributed by atoms with Crippen LogP contribution in [-0.2, 0) is 23.1 Å². The Morgan fingerprint density at radius 3 is 2.45 bits per heavy atom. The smallest absolute Gasteiger partial charge is 0.147 e. The van der Waals surface area contributed by atoms with Gasteiger partial charge in [0.25, 0.3) is 0 Å². The number of carbonyl (C=O) groups excluding carboxylic acids is 2. The maximum absolute atomic E-state index is 12.0. The molecule has 1 aromatic carbocycles. The zero-order valence-corrected chi connectivity index (χ0v) is 11.9. The lowest BCUT2D eigenvalue weighted by molar-refractivity contribution is -0.135. The van der Waals surface area contributed by atoms with Crippen LogP contribution in [0.2, 0.25) is 0 Å². The molecule has 102 valence electrons. The standard InChI is InChI=1S/C17H17NO2/c1-11(19)17(12(2)20)9-8-16-14(10-17)13-6-4-5-7-15(13)18(16)3/h4-9H,10H2,1-3H3. The number of carbonyl (C=O) groups is 2. The molecular weight excluding hydrogens is 250 g/mol. The maximum Gasteiger partial charge on any atom is 0.147 e. The van der Waals surface area contributed by atoms with Crippen LogP contribution in [0.1, 0.15) is 25.1 Å². The molecule has 0 saturated heterocycles. The van der Waals surface area contributed by atoms with Crippen molar-refractivity contribution in [1.29, 1.82) is 0 Å². The third-order valence-corrected chi connectivity index (χ3v) is 4.50. The number of fused-ring (bicyclic) bond motifs is 3.